The van der Waals surface area contributed by atoms with E-state index in [-0.39, 0.29) is 12.0 Å². The van der Waals surface area contributed by atoms with Crippen molar-refractivity contribution in [1.82, 2.24) is 9.97 Å². The van der Waals surface area contributed by atoms with Gasteiger partial charge in [0.1, 0.15) is 0 Å². The Labute approximate surface area is 153 Å². The lowest BCUT2D eigenvalue weighted by molar-refractivity contribution is 0.201. The minimum Gasteiger partial charge on any atom is -0.493 e. The summed E-state index contributed by atoms with van der Waals surface area (Å²) < 4.78 is 16.9. The number of aromatic nitrogens is 2. The predicted molar refractivity (Wildman–Crippen MR) is 98.4 cm³/mol. The van der Waals surface area contributed by atoms with E-state index >= 15 is 0 Å². The van der Waals surface area contributed by atoms with E-state index < -0.39 is 7.12 Å². The van der Waals surface area contributed by atoms with E-state index in [0.717, 1.165) is 41.3 Å². The van der Waals surface area contributed by atoms with Crippen molar-refractivity contribution in [3.8, 4) is 22.8 Å². The highest BCUT2D eigenvalue weighted by molar-refractivity contribution is 6.43. The van der Waals surface area contributed by atoms with Crippen molar-refractivity contribution in [3.05, 3.63) is 36.3 Å². The molecule has 4 rings (SSSR count). The van der Waals surface area contributed by atoms with E-state index in [1.807, 2.05) is 18.2 Å². The molecule has 2 aromatic rings. The van der Waals surface area contributed by atoms with E-state index in [2.05, 4.69) is 4.98 Å². The lowest BCUT2D eigenvalue weighted by Crippen LogP contribution is -2.11. The molecule has 1 saturated heterocycles. The largest absolute Gasteiger partial charge is 0.493 e. The SMILES string of the molecule is COc1ccc(-c2cncc(C3COB(O)C3)n2)cc1OC1CCCC1. The minimum absolute atomic E-state index is 0.0740. The first kappa shape index (κ1) is 17.3. The summed E-state index contributed by atoms with van der Waals surface area (Å²) in [6.45, 7) is 0.470. The molecule has 2 heterocycles. The Bertz CT molecular complexity index is 767. The molecule has 1 saturated carbocycles. The molecule has 26 heavy (non-hydrogen) atoms. The van der Waals surface area contributed by atoms with Crippen LogP contribution in [0.5, 0.6) is 11.5 Å². The predicted octanol–water partition coefficient (Wildman–Crippen LogP) is 3.07. The van der Waals surface area contributed by atoms with Gasteiger partial charge in [-0.15, -0.1) is 0 Å². The summed E-state index contributed by atoms with van der Waals surface area (Å²) in [4.78, 5) is 9.07. The molecular weight excluding hydrogens is 331 g/mol. The summed E-state index contributed by atoms with van der Waals surface area (Å²) in [5.74, 6) is 1.56. The molecule has 7 heteroatoms. The van der Waals surface area contributed by atoms with Gasteiger partial charge in [-0.1, -0.05) is 0 Å². The van der Waals surface area contributed by atoms with Crippen molar-refractivity contribution in [2.75, 3.05) is 13.7 Å². The van der Waals surface area contributed by atoms with Crippen LogP contribution in [0.3, 0.4) is 0 Å². The standard InChI is InChI=1S/C19H23BN2O4/c1-24-18-7-6-13(8-19(18)26-15-4-2-3-5-15)16-10-21-11-17(22-16)14-9-20(23)25-12-14/h6-8,10-11,14-15,23H,2-5,9,12H2,1H3. The molecule has 1 aromatic carbocycles. The number of nitrogens with zero attached hydrogens (tertiary/aromatic N) is 2. The van der Waals surface area contributed by atoms with Crippen LogP contribution >= 0.6 is 0 Å². The number of hydrogen-bond acceptors (Lipinski definition) is 6. The molecule has 136 valence electrons. The average Bonchev–Trinajstić information content (AvgIpc) is 3.33. The van der Waals surface area contributed by atoms with Crippen LogP contribution in [0.1, 0.15) is 37.3 Å². The Morgan fingerprint density at radius 1 is 1.19 bits per heavy atom. The number of ether oxygens (including phenoxy) is 2. The van der Waals surface area contributed by atoms with Gasteiger partial charge >= 0.3 is 7.12 Å². The van der Waals surface area contributed by atoms with Gasteiger partial charge in [0.05, 0.1) is 30.8 Å². The molecule has 1 aromatic heterocycles. The van der Waals surface area contributed by atoms with Crippen LogP contribution in [0.2, 0.25) is 6.32 Å². The zero-order chi connectivity index (χ0) is 17.9. The molecular formula is C19H23BN2O4. The summed E-state index contributed by atoms with van der Waals surface area (Å²) in [5, 5.41) is 9.58. The zero-order valence-electron chi connectivity index (χ0n) is 14.9. The quantitative estimate of drug-likeness (QED) is 0.832. The molecule has 0 spiro atoms. The van der Waals surface area contributed by atoms with Crippen molar-refractivity contribution < 1.29 is 19.2 Å². The summed E-state index contributed by atoms with van der Waals surface area (Å²) in [6, 6.07) is 5.86. The molecule has 1 N–H and O–H groups in total. The lowest BCUT2D eigenvalue weighted by atomic mass is 9.81. The lowest BCUT2D eigenvalue weighted by Gasteiger charge is -2.17. The van der Waals surface area contributed by atoms with Crippen molar-refractivity contribution in [2.45, 2.75) is 44.0 Å². The van der Waals surface area contributed by atoms with E-state index in [1.165, 1.54) is 12.8 Å². The molecule has 0 amide bonds. The Balaban J connectivity index is 1.60. The summed E-state index contributed by atoms with van der Waals surface area (Å²) in [6.07, 6.45) is 8.92. The number of hydrogen-bond donors (Lipinski definition) is 1. The Morgan fingerprint density at radius 3 is 2.77 bits per heavy atom. The fraction of sp³-hybridized carbons (Fsp3) is 0.474. The first-order valence-electron chi connectivity index (χ1n) is 9.19. The molecule has 0 radical (unpaired) electrons. The first-order chi connectivity index (χ1) is 12.7. The van der Waals surface area contributed by atoms with Gasteiger partial charge < -0.3 is 19.2 Å². The second kappa shape index (κ2) is 7.64. The van der Waals surface area contributed by atoms with Crippen molar-refractivity contribution in [2.24, 2.45) is 0 Å². The summed E-state index contributed by atoms with van der Waals surface area (Å²) >= 11 is 0. The minimum atomic E-state index is -0.710. The topological polar surface area (TPSA) is 73.7 Å². The average molecular weight is 354 g/mol. The summed E-state index contributed by atoms with van der Waals surface area (Å²) in [5.41, 5.74) is 2.56. The molecule has 2 fully saturated rings. The maximum atomic E-state index is 9.58. The van der Waals surface area contributed by atoms with E-state index in [4.69, 9.17) is 19.1 Å². The van der Waals surface area contributed by atoms with Gasteiger partial charge in [0.2, 0.25) is 0 Å². The van der Waals surface area contributed by atoms with Gasteiger partial charge in [0.25, 0.3) is 0 Å². The van der Waals surface area contributed by atoms with Crippen molar-refractivity contribution in [1.29, 1.82) is 0 Å². The van der Waals surface area contributed by atoms with Crippen LogP contribution in [0.15, 0.2) is 30.6 Å². The smallest absolute Gasteiger partial charge is 0.454 e. The van der Waals surface area contributed by atoms with Gasteiger partial charge in [-0.3, -0.25) is 4.98 Å². The maximum absolute atomic E-state index is 9.58. The molecule has 1 atom stereocenters. The third-order valence-electron chi connectivity index (χ3n) is 5.10. The maximum Gasteiger partial charge on any atom is 0.454 e. The molecule has 1 aliphatic heterocycles. The van der Waals surface area contributed by atoms with Crippen LogP contribution in [0.4, 0.5) is 0 Å². The monoisotopic (exact) mass is 354 g/mol. The fourth-order valence-corrected chi connectivity index (χ4v) is 3.64. The summed E-state index contributed by atoms with van der Waals surface area (Å²) in [7, 11) is 0.945. The highest BCUT2D eigenvalue weighted by Crippen LogP contribution is 2.35. The van der Waals surface area contributed by atoms with Crippen molar-refractivity contribution >= 4 is 7.12 Å². The number of benzene rings is 1. The van der Waals surface area contributed by atoms with E-state index in [9.17, 15) is 5.02 Å². The molecule has 1 unspecified atom stereocenters. The van der Waals surface area contributed by atoms with Crippen LogP contribution < -0.4 is 9.47 Å². The fourth-order valence-electron chi connectivity index (χ4n) is 3.64. The second-order valence-corrected chi connectivity index (χ2v) is 6.94. The second-order valence-electron chi connectivity index (χ2n) is 6.94. The number of rotatable bonds is 5. The van der Waals surface area contributed by atoms with Crippen LogP contribution in [0.25, 0.3) is 11.3 Å². The van der Waals surface area contributed by atoms with Crippen LogP contribution in [-0.2, 0) is 4.65 Å². The molecule has 6 nitrogen and oxygen atoms in total. The van der Waals surface area contributed by atoms with Crippen LogP contribution in [0, 0.1) is 0 Å². The molecule has 0 bridgehead atoms. The normalized spacial score (nSPS) is 20.5. The van der Waals surface area contributed by atoms with Gasteiger partial charge in [0, 0.05) is 24.3 Å². The Kier molecular flexibility index (Phi) is 5.08. The highest BCUT2D eigenvalue weighted by Gasteiger charge is 2.31. The van der Waals surface area contributed by atoms with Gasteiger partial charge in [-0.05, 0) is 50.2 Å². The molecule has 2 aliphatic rings. The van der Waals surface area contributed by atoms with E-state index in [0.29, 0.717) is 12.9 Å². The third-order valence-corrected chi connectivity index (χ3v) is 5.10. The third kappa shape index (κ3) is 3.69. The van der Waals surface area contributed by atoms with Gasteiger partial charge in [0.15, 0.2) is 11.5 Å². The highest BCUT2D eigenvalue weighted by atomic mass is 16.5. The Hall–Kier alpha value is -2.12. The number of methoxy groups -OCH3 is 1. The van der Waals surface area contributed by atoms with E-state index in [1.54, 1.807) is 19.5 Å². The van der Waals surface area contributed by atoms with Gasteiger partial charge in [-0.25, -0.2) is 4.98 Å². The van der Waals surface area contributed by atoms with Crippen LogP contribution in [-0.4, -0.2) is 41.9 Å². The Morgan fingerprint density at radius 2 is 2.04 bits per heavy atom. The zero-order valence-corrected chi connectivity index (χ0v) is 14.9. The first-order valence-corrected chi connectivity index (χ1v) is 9.19. The van der Waals surface area contributed by atoms with Gasteiger partial charge in [-0.2, -0.15) is 0 Å². The molecule has 1 aliphatic carbocycles. The van der Waals surface area contributed by atoms with Crippen molar-refractivity contribution in [3.63, 3.8) is 0 Å².